The third-order valence-electron chi connectivity index (χ3n) is 4.86. The van der Waals surface area contributed by atoms with Gasteiger partial charge in [-0.1, -0.05) is 28.4 Å². The highest BCUT2D eigenvalue weighted by atomic mass is 79.9. The van der Waals surface area contributed by atoms with Crippen LogP contribution in [0, 0.1) is 11.8 Å². The van der Waals surface area contributed by atoms with Gasteiger partial charge in [-0.3, -0.25) is 0 Å². The van der Waals surface area contributed by atoms with Crippen molar-refractivity contribution in [2.75, 3.05) is 13.2 Å². The molecule has 19 heavy (non-hydrogen) atoms. The van der Waals surface area contributed by atoms with Gasteiger partial charge in [-0.05, 0) is 67.3 Å². The highest BCUT2D eigenvalue weighted by Gasteiger charge is 2.28. The van der Waals surface area contributed by atoms with Crippen molar-refractivity contribution in [2.24, 2.45) is 11.8 Å². The Balaban J connectivity index is 1.61. The average molecular weight is 324 g/mol. The van der Waals surface area contributed by atoms with E-state index in [0.29, 0.717) is 24.5 Å². The van der Waals surface area contributed by atoms with Gasteiger partial charge in [-0.2, -0.15) is 0 Å². The Morgan fingerprint density at radius 2 is 2.05 bits per heavy atom. The van der Waals surface area contributed by atoms with E-state index in [2.05, 4.69) is 39.4 Å². The zero-order chi connectivity index (χ0) is 13.2. The SMILES string of the molecule is OCC1CCCC1CNC1CCc2cc(Br)ccc21. The molecule has 0 amide bonds. The Bertz CT molecular complexity index is 448. The van der Waals surface area contributed by atoms with Gasteiger partial charge in [0, 0.05) is 17.1 Å². The Morgan fingerprint density at radius 3 is 2.89 bits per heavy atom. The molecule has 2 aliphatic rings. The van der Waals surface area contributed by atoms with Gasteiger partial charge in [-0.15, -0.1) is 0 Å². The minimum atomic E-state index is 0.362. The Hall–Kier alpha value is -0.380. The summed E-state index contributed by atoms with van der Waals surface area (Å²) in [5, 5.41) is 13.1. The fourth-order valence-corrected chi connectivity index (χ4v) is 4.12. The summed E-state index contributed by atoms with van der Waals surface area (Å²) in [7, 11) is 0. The summed E-state index contributed by atoms with van der Waals surface area (Å²) in [6.45, 7) is 1.42. The van der Waals surface area contributed by atoms with Gasteiger partial charge >= 0.3 is 0 Å². The highest BCUT2D eigenvalue weighted by molar-refractivity contribution is 9.10. The Labute approximate surface area is 123 Å². The van der Waals surface area contributed by atoms with E-state index in [1.165, 1.54) is 47.7 Å². The highest BCUT2D eigenvalue weighted by Crippen LogP contribution is 2.35. The average Bonchev–Trinajstić information content (AvgIpc) is 3.01. The zero-order valence-corrected chi connectivity index (χ0v) is 12.8. The largest absolute Gasteiger partial charge is 0.396 e. The fourth-order valence-electron chi connectivity index (χ4n) is 3.71. The standard InChI is InChI=1S/C16H22BrNO/c17-14-5-6-15-11(8-14)4-7-16(15)18-9-12-2-1-3-13(12)10-19/h5-6,8,12-13,16,18-19H,1-4,7,9-10H2. The number of hydrogen-bond donors (Lipinski definition) is 2. The molecule has 104 valence electrons. The van der Waals surface area contributed by atoms with Crippen LogP contribution in [0.2, 0.25) is 0 Å². The van der Waals surface area contributed by atoms with Crippen LogP contribution in [-0.2, 0) is 6.42 Å². The number of rotatable bonds is 4. The maximum Gasteiger partial charge on any atom is 0.0462 e. The molecule has 1 saturated carbocycles. The summed E-state index contributed by atoms with van der Waals surface area (Å²) in [4.78, 5) is 0. The summed E-state index contributed by atoms with van der Waals surface area (Å²) in [5.41, 5.74) is 2.96. The van der Waals surface area contributed by atoms with Crippen LogP contribution in [0.4, 0.5) is 0 Å². The molecule has 1 fully saturated rings. The monoisotopic (exact) mass is 323 g/mol. The molecule has 0 spiro atoms. The molecule has 0 bridgehead atoms. The van der Waals surface area contributed by atoms with E-state index in [1.807, 2.05) is 0 Å². The number of hydrogen-bond acceptors (Lipinski definition) is 2. The smallest absolute Gasteiger partial charge is 0.0462 e. The predicted octanol–water partition coefficient (Wildman–Crippen LogP) is 3.43. The van der Waals surface area contributed by atoms with Crippen LogP contribution >= 0.6 is 15.9 Å². The van der Waals surface area contributed by atoms with Crippen LogP contribution < -0.4 is 5.32 Å². The van der Waals surface area contributed by atoms with Gasteiger partial charge in [0.1, 0.15) is 0 Å². The molecule has 0 heterocycles. The van der Waals surface area contributed by atoms with E-state index in [4.69, 9.17) is 0 Å². The molecule has 1 aromatic rings. The van der Waals surface area contributed by atoms with Crippen molar-refractivity contribution in [1.29, 1.82) is 0 Å². The lowest BCUT2D eigenvalue weighted by Crippen LogP contribution is -2.29. The molecule has 0 saturated heterocycles. The van der Waals surface area contributed by atoms with E-state index in [1.54, 1.807) is 0 Å². The lowest BCUT2D eigenvalue weighted by Gasteiger charge is -2.21. The second-order valence-corrected chi connectivity index (χ2v) is 6.89. The molecule has 3 heteroatoms. The van der Waals surface area contributed by atoms with E-state index in [-0.39, 0.29) is 0 Å². The van der Waals surface area contributed by atoms with Crippen molar-refractivity contribution in [3.05, 3.63) is 33.8 Å². The van der Waals surface area contributed by atoms with E-state index >= 15 is 0 Å². The van der Waals surface area contributed by atoms with Gasteiger partial charge in [0.2, 0.25) is 0 Å². The minimum Gasteiger partial charge on any atom is -0.396 e. The fraction of sp³-hybridized carbons (Fsp3) is 0.625. The van der Waals surface area contributed by atoms with E-state index in [0.717, 1.165) is 6.54 Å². The number of benzene rings is 1. The maximum atomic E-state index is 9.38. The third-order valence-corrected chi connectivity index (χ3v) is 5.35. The van der Waals surface area contributed by atoms with Crippen LogP contribution in [0.25, 0.3) is 0 Å². The van der Waals surface area contributed by atoms with Crippen LogP contribution in [0.1, 0.15) is 42.9 Å². The molecule has 2 aliphatic carbocycles. The molecule has 1 aromatic carbocycles. The Kier molecular flexibility index (Phi) is 4.25. The second kappa shape index (κ2) is 5.94. The molecule has 0 aliphatic heterocycles. The number of nitrogens with one attached hydrogen (secondary N) is 1. The molecular weight excluding hydrogens is 302 g/mol. The van der Waals surface area contributed by atoms with Gasteiger partial charge in [0.05, 0.1) is 0 Å². The van der Waals surface area contributed by atoms with Gasteiger partial charge < -0.3 is 10.4 Å². The van der Waals surface area contributed by atoms with Crippen LogP contribution in [0.5, 0.6) is 0 Å². The second-order valence-electron chi connectivity index (χ2n) is 5.98. The van der Waals surface area contributed by atoms with Crippen LogP contribution in [0.3, 0.4) is 0 Å². The first-order valence-electron chi connectivity index (χ1n) is 7.40. The summed E-state index contributed by atoms with van der Waals surface area (Å²) < 4.78 is 1.18. The topological polar surface area (TPSA) is 32.3 Å². The molecule has 0 aromatic heterocycles. The van der Waals surface area contributed by atoms with E-state index in [9.17, 15) is 5.11 Å². The molecule has 2 N–H and O–H groups in total. The maximum absolute atomic E-state index is 9.38. The number of halogens is 1. The van der Waals surface area contributed by atoms with Crippen molar-refractivity contribution in [3.63, 3.8) is 0 Å². The first-order valence-corrected chi connectivity index (χ1v) is 8.20. The van der Waals surface area contributed by atoms with Crippen molar-refractivity contribution < 1.29 is 5.11 Å². The van der Waals surface area contributed by atoms with Crippen LogP contribution in [-0.4, -0.2) is 18.3 Å². The summed E-state index contributed by atoms with van der Waals surface area (Å²) in [6.07, 6.45) is 6.16. The van der Waals surface area contributed by atoms with Crippen molar-refractivity contribution in [2.45, 2.75) is 38.1 Å². The molecule has 3 rings (SSSR count). The minimum absolute atomic E-state index is 0.362. The third kappa shape index (κ3) is 2.88. The number of aliphatic hydroxyl groups excluding tert-OH is 1. The van der Waals surface area contributed by atoms with Crippen molar-refractivity contribution in [1.82, 2.24) is 5.32 Å². The Morgan fingerprint density at radius 1 is 1.21 bits per heavy atom. The molecule has 3 unspecified atom stereocenters. The first-order chi connectivity index (χ1) is 9.28. The van der Waals surface area contributed by atoms with Crippen LogP contribution in [0.15, 0.2) is 22.7 Å². The van der Waals surface area contributed by atoms with E-state index < -0.39 is 0 Å². The molecule has 3 atom stereocenters. The quantitative estimate of drug-likeness (QED) is 0.889. The lowest BCUT2D eigenvalue weighted by atomic mass is 9.96. The summed E-state index contributed by atoms with van der Waals surface area (Å²) >= 11 is 3.55. The van der Waals surface area contributed by atoms with Crippen molar-refractivity contribution in [3.8, 4) is 0 Å². The normalized spacial score (nSPS) is 29.7. The lowest BCUT2D eigenvalue weighted by molar-refractivity contribution is 0.190. The summed E-state index contributed by atoms with van der Waals surface area (Å²) in [5.74, 6) is 1.20. The van der Waals surface area contributed by atoms with Gasteiger partial charge in [0.25, 0.3) is 0 Å². The first kappa shape index (κ1) is 13.6. The summed E-state index contributed by atoms with van der Waals surface area (Å²) in [6, 6.07) is 7.17. The van der Waals surface area contributed by atoms with Gasteiger partial charge in [-0.25, -0.2) is 0 Å². The van der Waals surface area contributed by atoms with Crippen molar-refractivity contribution >= 4 is 15.9 Å². The number of aliphatic hydroxyl groups is 1. The number of aryl methyl sites for hydroxylation is 1. The zero-order valence-electron chi connectivity index (χ0n) is 11.2. The molecular formula is C16H22BrNO. The molecule has 0 radical (unpaired) electrons. The van der Waals surface area contributed by atoms with Gasteiger partial charge in [0.15, 0.2) is 0 Å². The molecule has 2 nitrogen and oxygen atoms in total. The predicted molar refractivity (Wildman–Crippen MR) is 81.1 cm³/mol. The number of fused-ring (bicyclic) bond motifs is 1.